The van der Waals surface area contributed by atoms with Crippen molar-refractivity contribution in [2.45, 2.75) is 24.9 Å². The summed E-state index contributed by atoms with van der Waals surface area (Å²) in [6, 6.07) is 8.14. The number of benzene rings is 1. The molecule has 1 aromatic rings. The van der Waals surface area contributed by atoms with Gasteiger partial charge in [-0.3, -0.25) is 4.79 Å². The van der Waals surface area contributed by atoms with E-state index in [4.69, 9.17) is 10.5 Å². The zero-order valence-electron chi connectivity index (χ0n) is 15.2. The lowest BCUT2D eigenvalue weighted by Gasteiger charge is -2.29. The predicted molar refractivity (Wildman–Crippen MR) is 112 cm³/mol. The van der Waals surface area contributed by atoms with Crippen LogP contribution in [-0.4, -0.2) is 49.1 Å². The van der Waals surface area contributed by atoms with E-state index in [0.717, 1.165) is 5.75 Å². The van der Waals surface area contributed by atoms with Crippen LogP contribution in [0.15, 0.2) is 24.3 Å². The summed E-state index contributed by atoms with van der Waals surface area (Å²) in [4.78, 5) is 13.9. The number of nitrogens with two attached hydrogens (primary N) is 1. The maximum Gasteiger partial charge on any atom is 0.260 e. The summed E-state index contributed by atoms with van der Waals surface area (Å²) >= 11 is 4.01. The average molecular weight is 405 g/mol. The Morgan fingerprint density at radius 2 is 1.88 bits per heavy atom. The summed E-state index contributed by atoms with van der Waals surface area (Å²) < 4.78 is 6.17. The first-order valence-corrected chi connectivity index (χ1v) is 10.4. The van der Waals surface area contributed by atoms with E-state index in [-0.39, 0.29) is 30.3 Å². The number of ether oxygens (including phenoxy) is 1. The Morgan fingerprint density at radius 1 is 1.28 bits per heavy atom. The van der Waals surface area contributed by atoms with Gasteiger partial charge >= 0.3 is 0 Å². The Kier molecular flexibility index (Phi) is 9.49. The molecule has 0 atom stereocenters. The first kappa shape index (κ1) is 22.5. The van der Waals surface area contributed by atoms with Crippen molar-refractivity contribution in [3.63, 3.8) is 0 Å². The standard InChI is InChI=1S/C18H28N2O2S2.ClH/c1-18(2,12-19)13-20(3)16(21)11-22-15-7-5-14(6-8-15)17-23-9-4-10-24-17;/h5-8,17H,4,9-13,19H2,1-3H3;1H. The van der Waals surface area contributed by atoms with Gasteiger partial charge in [-0.15, -0.1) is 35.9 Å². The van der Waals surface area contributed by atoms with E-state index in [1.807, 2.05) is 35.7 Å². The van der Waals surface area contributed by atoms with Gasteiger partial charge in [0, 0.05) is 13.6 Å². The Bertz CT molecular complexity index is 534. The molecule has 1 aliphatic heterocycles. The lowest BCUT2D eigenvalue weighted by molar-refractivity contribution is -0.133. The van der Waals surface area contributed by atoms with Crippen molar-refractivity contribution in [3.05, 3.63) is 29.8 Å². The van der Waals surface area contributed by atoms with Gasteiger partial charge in [0.2, 0.25) is 0 Å². The van der Waals surface area contributed by atoms with Gasteiger partial charge in [0.1, 0.15) is 5.75 Å². The van der Waals surface area contributed by atoms with Crippen molar-refractivity contribution >= 4 is 41.8 Å². The van der Waals surface area contributed by atoms with Crippen LogP contribution in [0.4, 0.5) is 0 Å². The van der Waals surface area contributed by atoms with E-state index in [1.165, 1.54) is 23.5 Å². The molecular formula is C18H29ClN2O2S2. The van der Waals surface area contributed by atoms with Gasteiger partial charge in [-0.1, -0.05) is 26.0 Å². The Balaban J connectivity index is 0.00000312. The van der Waals surface area contributed by atoms with Crippen molar-refractivity contribution in [1.29, 1.82) is 0 Å². The third kappa shape index (κ3) is 7.29. The van der Waals surface area contributed by atoms with Crippen molar-refractivity contribution in [2.75, 3.05) is 38.2 Å². The van der Waals surface area contributed by atoms with Crippen molar-refractivity contribution in [3.8, 4) is 5.75 Å². The van der Waals surface area contributed by atoms with Gasteiger partial charge in [0.15, 0.2) is 6.61 Å². The highest BCUT2D eigenvalue weighted by atomic mass is 35.5. The smallest absolute Gasteiger partial charge is 0.260 e. The SMILES string of the molecule is CN(CC(C)(C)CN)C(=O)COc1ccc(C2SCCCS2)cc1.Cl. The van der Waals surface area contributed by atoms with E-state index in [9.17, 15) is 4.79 Å². The summed E-state index contributed by atoms with van der Waals surface area (Å²) in [7, 11) is 1.80. The monoisotopic (exact) mass is 404 g/mol. The van der Waals surface area contributed by atoms with E-state index in [2.05, 4.69) is 26.0 Å². The number of nitrogens with zero attached hydrogens (tertiary/aromatic N) is 1. The minimum Gasteiger partial charge on any atom is -0.484 e. The van der Waals surface area contributed by atoms with Gasteiger partial charge in [-0.05, 0) is 47.6 Å². The number of thioether (sulfide) groups is 2. The van der Waals surface area contributed by atoms with Crippen LogP contribution in [-0.2, 0) is 4.79 Å². The van der Waals surface area contributed by atoms with Crippen molar-refractivity contribution < 1.29 is 9.53 Å². The summed E-state index contributed by atoms with van der Waals surface area (Å²) in [6.07, 6.45) is 1.30. The number of amides is 1. The highest BCUT2D eigenvalue weighted by Crippen LogP contribution is 2.43. The molecule has 0 unspecified atom stereocenters. The summed E-state index contributed by atoms with van der Waals surface area (Å²) in [5, 5.41) is 0. The second-order valence-electron chi connectivity index (χ2n) is 6.90. The van der Waals surface area contributed by atoms with E-state index >= 15 is 0 Å². The molecule has 1 amide bonds. The number of likely N-dealkylation sites (N-methyl/N-ethyl adjacent to an activating group) is 1. The maximum atomic E-state index is 12.2. The zero-order chi connectivity index (χ0) is 17.6. The molecule has 0 bridgehead atoms. The second kappa shape index (κ2) is 10.6. The lowest BCUT2D eigenvalue weighted by atomic mass is 9.93. The van der Waals surface area contributed by atoms with E-state index < -0.39 is 0 Å². The fraction of sp³-hybridized carbons (Fsp3) is 0.611. The Labute approximate surface area is 166 Å². The molecule has 1 aromatic carbocycles. The van der Waals surface area contributed by atoms with Crippen molar-refractivity contribution in [2.24, 2.45) is 11.1 Å². The molecule has 2 rings (SSSR count). The molecular weight excluding hydrogens is 376 g/mol. The highest BCUT2D eigenvalue weighted by Gasteiger charge is 2.21. The molecule has 0 spiro atoms. The second-order valence-corrected chi connectivity index (χ2v) is 9.63. The number of carbonyl (C=O) groups excluding carboxylic acids is 1. The van der Waals surface area contributed by atoms with Crippen LogP contribution in [0.25, 0.3) is 0 Å². The first-order chi connectivity index (χ1) is 11.4. The normalized spacial score (nSPS) is 15.4. The fourth-order valence-electron chi connectivity index (χ4n) is 2.45. The Hall–Kier alpha value is -0.560. The third-order valence-electron chi connectivity index (χ3n) is 3.99. The maximum absolute atomic E-state index is 12.2. The minimum absolute atomic E-state index is 0. The van der Waals surface area contributed by atoms with E-state index in [1.54, 1.807) is 11.9 Å². The molecule has 4 nitrogen and oxygen atoms in total. The molecule has 0 aliphatic carbocycles. The van der Waals surface area contributed by atoms with Gasteiger partial charge in [-0.2, -0.15) is 0 Å². The highest BCUT2D eigenvalue weighted by molar-refractivity contribution is 8.16. The molecule has 1 fully saturated rings. The molecule has 25 heavy (non-hydrogen) atoms. The van der Waals surface area contributed by atoms with Crippen molar-refractivity contribution in [1.82, 2.24) is 4.90 Å². The molecule has 0 radical (unpaired) electrons. The molecule has 1 heterocycles. The molecule has 142 valence electrons. The predicted octanol–water partition coefficient (Wildman–Crippen LogP) is 3.80. The molecule has 1 aliphatic rings. The fourth-order valence-corrected chi connectivity index (χ4v) is 5.35. The molecule has 1 saturated heterocycles. The topological polar surface area (TPSA) is 55.6 Å². The zero-order valence-corrected chi connectivity index (χ0v) is 17.6. The third-order valence-corrected chi connectivity index (χ3v) is 7.00. The van der Waals surface area contributed by atoms with Crippen LogP contribution in [0, 0.1) is 5.41 Å². The van der Waals surface area contributed by atoms with Gasteiger partial charge in [-0.25, -0.2) is 0 Å². The van der Waals surface area contributed by atoms with Crippen LogP contribution < -0.4 is 10.5 Å². The average Bonchev–Trinajstić information content (AvgIpc) is 2.60. The lowest BCUT2D eigenvalue weighted by Crippen LogP contribution is -2.41. The van der Waals surface area contributed by atoms with Crippen LogP contribution in [0.3, 0.4) is 0 Å². The number of halogens is 1. The van der Waals surface area contributed by atoms with Gasteiger partial charge < -0.3 is 15.4 Å². The number of carbonyl (C=O) groups is 1. The number of rotatable bonds is 7. The molecule has 0 aromatic heterocycles. The Morgan fingerprint density at radius 3 is 2.44 bits per heavy atom. The molecule has 0 saturated carbocycles. The van der Waals surface area contributed by atoms with Crippen LogP contribution >= 0.6 is 35.9 Å². The minimum atomic E-state index is -0.0820. The van der Waals surface area contributed by atoms with Crippen LogP contribution in [0.1, 0.15) is 30.4 Å². The van der Waals surface area contributed by atoms with Crippen LogP contribution in [0.5, 0.6) is 5.75 Å². The van der Waals surface area contributed by atoms with Crippen LogP contribution in [0.2, 0.25) is 0 Å². The summed E-state index contributed by atoms with van der Waals surface area (Å²) in [5.41, 5.74) is 6.97. The number of hydrogen-bond donors (Lipinski definition) is 1. The molecule has 2 N–H and O–H groups in total. The quantitative estimate of drug-likeness (QED) is 0.749. The number of hydrogen-bond acceptors (Lipinski definition) is 5. The van der Waals surface area contributed by atoms with Gasteiger partial charge in [0.25, 0.3) is 5.91 Å². The summed E-state index contributed by atoms with van der Waals surface area (Å²) in [5.74, 6) is 3.18. The largest absolute Gasteiger partial charge is 0.484 e. The van der Waals surface area contributed by atoms with Gasteiger partial charge in [0.05, 0.1) is 4.58 Å². The van der Waals surface area contributed by atoms with E-state index in [0.29, 0.717) is 17.7 Å². The summed E-state index contributed by atoms with van der Waals surface area (Å²) in [6.45, 7) is 5.34. The molecule has 7 heteroatoms. The first-order valence-electron chi connectivity index (χ1n) is 8.31.